The number of hydrogen-bond donors (Lipinski definition) is 1. The molecule has 0 amide bonds. The van der Waals surface area contributed by atoms with Crippen molar-refractivity contribution in [3.8, 4) is 0 Å². The lowest BCUT2D eigenvalue weighted by Gasteiger charge is -2.25. The third-order valence-electron chi connectivity index (χ3n) is 3.46. The quantitative estimate of drug-likeness (QED) is 0.852. The number of hydrogen-bond acceptors (Lipinski definition) is 1. The van der Waals surface area contributed by atoms with Crippen LogP contribution in [-0.4, -0.2) is 12.6 Å². The van der Waals surface area contributed by atoms with Gasteiger partial charge in [-0.15, -0.1) is 0 Å². The Labute approximate surface area is 111 Å². The van der Waals surface area contributed by atoms with Gasteiger partial charge in [-0.2, -0.15) is 13.2 Å². The van der Waals surface area contributed by atoms with E-state index in [9.17, 15) is 13.2 Å². The highest BCUT2D eigenvalue weighted by atomic mass is 19.4. The zero-order valence-electron chi connectivity index (χ0n) is 10.9. The van der Waals surface area contributed by atoms with Crippen LogP contribution < -0.4 is 5.32 Å². The van der Waals surface area contributed by atoms with Crippen molar-refractivity contribution in [1.29, 1.82) is 0 Å². The maximum absolute atomic E-state index is 12.4. The SMILES string of the molecule is CC1CCNC(/C=C/c2ccc(C(F)(F)F)cc2)C1. The molecule has 1 aromatic rings. The maximum atomic E-state index is 12.4. The van der Waals surface area contributed by atoms with Crippen LogP contribution in [0.25, 0.3) is 6.08 Å². The lowest BCUT2D eigenvalue weighted by atomic mass is 9.94. The highest BCUT2D eigenvalue weighted by Crippen LogP contribution is 2.29. The first kappa shape index (κ1) is 14.1. The van der Waals surface area contributed by atoms with Crippen LogP contribution in [0.2, 0.25) is 0 Å². The summed E-state index contributed by atoms with van der Waals surface area (Å²) in [6.45, 7) is 3.23. The monoisotopic (exact) mass is 269 g/mol. The van der Waals surface area contributed by atoms with Crippen molar-refractivity contribution in [2.24, 2.45) is 5.92 Å². The fourth-order valence-corrected chi connectivity index (χ4v) is 2.31. The number of rotatable bonds is 2. The predicted octanol–water partition coefficient (Wildman–Crippen LogP) is 4.11. The van der Waals surface area contributed by atoms with Crippen LogP contribution in [0.4, 0.5) is 13.2 Å². The van der Waals surface area contributed by atoms with Gasteiger partial charge in [0.05, 0.1) is 5.56 Å². The molecule has 1 N–H and O–H groups in total. The molecule has 1 heterocycles. The summed E-state index contributed by atoms with van der Waals surface area (Å²) in [5, 5.41) is 3.39. The molecular formula is C15H18F3N. The van der Waals surface area contributed by atoms with Gasteiger partial charge >= 0.3 is 6.18 Å². The molecule has 1 aliphatic heterocycles. The predicted molar refractivity (Wildman–Crippen MR) is 70.7 cm³/mol. The molecule has 0 spiro atoms. The van der Waals surface area contributed by atoms with Crippen molar-refractivity contribution in [3.63, 3.8) is 0 Å². The fourth-order valence-electron chi connectivity index (χ4n) is 2.31. The summed E-state index contributed by atoms with van der Waals surface area (Å²) in [4.78, 5) is 0. The van der Waals surface area contributed by atoms with E-state index in [0.717, 1.165) is 30.7 Å². The van der Waals surface area contributed by atoms with Gasteiger partial charge in [-0.25, -0.2) is 0 Å². The topological polar surface area (TPSA) is 12.0 Å². The van der Waals surface area contributed by atoms with E-state index >= 15 is 0 Å². The molecule has 0 saturated carbocycles. The Hall–Kier alpha value is -1.29. The first-order valence-corrected chi connectivity index (χ1v) is 6.54. The van der Waals surface area contributed by atoms with Crippen molar-refractivity contribution >= 4 is 6.08 Å². The first-order valence-electron chi connectivity index (χ1n) is 6.54. The summed E-state index contributed by atoms with van der Waals surface area (Å²) in [5.41, 5.74) is 0.196. The van der Waals surface area contributed by atoms with Crippen LogP contribution >= 0.6 is 0 Å². The molecular weight excluding hydrogens is 251 g/mol. The molecule has 1 aliphatic rings. The number of alkyl halides is 3. The molecule has 2 unspecified atom stereocenters. The summed E-state index contributed by atoms with van der Waals surface area (Å²) < 4.78 is 37.2. The normalized spacial score (nSPS) is 24.8. The van der Waals surface area contributed by atoms with Gasteiger partial charge in [-0.3, -0.25) is 0 Å². The van der Waals surface area contributed by atoms with E-state index < -0.39 is 11.7 Å². The van der Waals surface area contributed by atoms with Crippen LogP contribution in [0.3, 0.4) is 0 Å². The van der Waals surface area contributed by atoms with E-state index in [2.05, 4.69) is 12.2 Å². The smallest absolute Gasteiger partial charge is 0.310 e. The molecule has 1 fully saturated rings. The zero-order valence-corrected chi connectivity index (χ0v) is 10.9. The maximum Gasteiger partial charge on any atom is 0.416 e. The van der Waals surface area contributed by atoms with E-state index in [0.29, 0.717) is 12.0 Å². The van der Waals surface area contributed by atoms with Gasteiger partial charge in [0.2, 0.25) is 0 Å². The molecule has 1 saturated heterocycles. The van der Waals surface area contributed by atoms with E-state index in [-0.39, 0.29) is 0 Å². The minimum absolute atomic E-state index is 0.325. The molecule has 4 heteroatoms. The molecule has 0 radical (unpaired) electrons. The minimum Gasteiger partial charge on any atom is -0.310 e. The van der Waals surface area contributed by atoms with Gasteiger partial charge in [0.1, 0.15) is 0 Å². The number of halogens is 3. The van der Waals surface area contributed by atoms with Crippen LogP contribution in [0.15, 0.2) is 30.3 Å². The van der Waals surface area contributed by atoms with Gasteiger partial charge in [0.15, 0.2) is 0 Å². The number of piperidine rings is 1. The zero-order chi connectivity index (χ0) is 13.9. The fraction of sp³-hybridized carbons (Fsp3) is 0.467. The van der Waals surface area contributed by atoms with Crippen molar-refractivity contribution in [1.82, 2.24) is 5.32 Å². The summed E-state index contributed by atoms with van der Waals surface area (Å²) in [6.07, 6.45) is 1.93. The van der Waals surface area contributed by atoms with Gasteiger partial charge in [-0.05, 0) is 43.0 Å². The average Bonchev–Trinajstić information content (AvgIpc) is 2.36. The Balaban J connectivity index is 1.99. The minimum atomic E-state index is -4.26. The van der Waals surface area contributed by atoms with Crippen LogP contribution in [0, 0.1) is 5.92 Å². The molecule has 0 aromatic heterocycles. The number of nitrogens with one attached hydrogen (secondary N) is 1. The Morgan fingerprint density at radius 1 is 1.21 bits per heavy atom. The second-order valence-corrected chi connectivity index (χ2v) is 5.17. The largest absolute Gasteiger partial charge is 0.416 e. The molecule has 0 aliphatic carbocycles. The van der Waals surface area contributed by atoms with Crippen molar-refractivity contribution in [3.05, 3.63) is 41.5 Å². The molecule has 2 rings (SSSR count). The van der Waals surface area contributed by atoms with E-state index in [1.807, 2.05) is 12.2 Å². The Kier molecular flexibility index (Phi) is 4.30. The van der Waals surface area contributed by atoms with Gasteiger partial charge < -0.3 is 5.32 Å². The van der Waals surface area contributed by atoms with Crippen molar-refractivity contribution < 1.29 is 13.2 Å². The second-order valence-electron chi connectivity index (χ2n) is 5.17. The molecule has 0 bridgehead atoms. The van der Waals surface area contributed by atoms with Crippen LogP contribution in [0.5, 0.6) is 0 Å². The van der Waals surface area contributed by atoms with Gasteiger partial charge in [0.25, 0.3) is 0 Å². The molecule has 1 nitrogen and oxygen atoms in total. The summed E-state index contributed by atoms with van der Waals surface area (Å²) >= 11 is 0. The second kappa shape index (κ2) is 5.78. The third kappa shape index (κ3) is 4.10. The summed E-state index contributed by atoms with van der Waals surface area (Å²) in [5.74, 6) is 0.698. The molecule has 19 heavy (non-hydrogen) atoms. The van der Waals surface area contributed by atoms with E-state index in [1.54, 1.807) is 0 Å². The standard InChI is InChI=1S/C15H18F3N/c1-11-8-9-19-14(10-11)7-4-12-2-5-13(6-3-12)15(16,17)18/h2-7,11,14,19H,8-10H2,1H3/b7-4+. The van der Waals surface area contributed by atoms with E-state index in [4.69, 9.17) is 0 Å². The summed E-state index contributed by atoms with van der Waals surface area (Å²) in [6, 6.07) is 5.58. The third-order valence-corrected chi connectivity index (χ3v) is 3.46. The van der Waals surface area contributed by atoms with Crippen molar-refractivity contribution in [2.75, 3.05) is 6.54 Å². The van der Waals surface area contributed by atoms with E-state index in [1.165, 1.54) is 18.6 Å². The van der Waals surface area contributed by atoms with Gasteiger partial charge in [-0.1, -0.05) is 31.2 Å². The summed E-state index contributed by atoms with van der Waals surface area (Å²) in [7, 11) is 0. The average molecular weight is 269 g/mol. The highest BCUT2D eigenvalue weighted by Gasteiger charge is 2.29. The lowest BCUT2D eigenvalue weighted by molar-refractivity contribution is -0.137. The van der Waals surface area contributed by atoms with Crippen LogP contribution in [0.1, 0.15) is 30.9 Å². The molecule has 104 valence electrons. The highest BCUT2D eigenvalue weighted by molar-refractivity contribution is 5.50. The Morgan fingerprint density at radius 3 is 2.47 bits per heavy atom. The van der Waals surface area contributed by atoms with Gasteiger partial charge in [0, 0.05) is 6.04 Å². The molecule has 1 aromatic carbocycles. The first-order chi connectivity index (χ1) is 8.95. The lowest BCUT2D eigenvalue weighted by Crippen LogP contribution is -2.35. The Bertz CT molecular complexity index is 434. The molecule has 2 atom stereocenters. The van der Waals surface area contributed by atoms with Crippen LogP contribution in [-0.2, 0) is 6.18 Å². The number of benzene rings is 1. The van der Waals surface area contributed by atoms with Crippen molar-refractivity contribution in [2.45, 2.75) is 32.0 Å². The Morgan fingerprint density at radius 2 is 1.89 bits per heavy atom.